The van der Waals surface area contributed by atoms with Gasteiger partial charge in [-0.05, 0) is 37.3 Å². The number of para-hydroxylation sites is 1. The molecule has 2 N–H and O–H groups in total. The topological polar surface area (TPSA) is 52.3 Å². The van der Waals surface area contributed by atoms with Crippen molar-refractivity contribution in [2.45, 2.75) is 46.1 Å². The summed E-state index contributed by atoms with van der Waals surface area (Å²) in [4.78, 5) is 12.4. The molecule has 0 heterocycles. The van der Waals surface area contributed by atoms with Crippen LogP contribution in [-0.4, -0.2) is 12.1 Å². The van der Waals surface area contributed by atoms with Gasteiger partial charge < -0.3 is 10.5 Å². The summed E-state index contributed by atoms with van der Waals surface area (Å²) in [5.41, 5.74) is 7.04. The van der Waals surface area contributed by atoms with Crippen molar-refractivity contribution in [3.8, 4) is 0 Å². The Balaban J connectivity index is 1.85. The molecule has 0 aliphatic heterocycles. The lowest BCUT2D eigenvalue weighted by Crippen LogP contribution is -2.43. The van der Waals surface area contributed by atoms with E-state index in [1.54, 1.807) is 12.1 Å². The van der Waals surface area contributed by atoms with Gasteiger partial charge in [0.2, 0.25) is 0 Å². The normalized spacial score (nSPS) is 34.1. The predicted molar refractivity (Wildman–Crippen MR) is 79.3 cm³/mol. The van der Waals surface area contributed by atoms with Crippen LogP contribution in [0.25, 0.3) is 0 Å². The Kier molecular flexibility index (Phi) is 2.86. The number of hydrogen-bond acceptors (Lipinski definition) is 3. The summed E-state index contributed by atoms with van der Waals surface area (Å²) < 4.78 is 5.91. The van der Waals surface area contributed by atoms with E-state index in [4.69, 9.17) is 10.5 Å². The molecular weight excluding hydrogens is 250 g/mol. The van der Waals surface area contributed by atoms with Crippen molar-refractivity contribution in [2.75, 3.05) is 5.73 Å². The van der Waals surface area contributed by atoms with Crippen LogP contribution in [0, 0.1) is 16.7 Å². The molecule has 2 bridgehead atoms. The van der Waals surface area contributed by atoms with E-state index in [1.165, 1.54) is 12.8 Å². The Morgan fingerprint density at radius 2 is 2.00 bits per heavy atom. The lowest BCUT2D eigenvalue weighted by atomic mass is 9.70. The zero-order valence-corrected chi connectivity index (χ0v) is 12.5. The second-order valence-electron chi connectivity index (χ2n) is 7.29. The van der Waals surface area contributed by atoms with Crippen molar-refractivity contribution in [3.63, 3.8) is 0 Å². The maximum absolute atomic E-state index is 12.4. The van der Waals surface area contributed by atoms with Crippen molar-refractivity contribution in [2.24, 2.45) is 16.7 Å². The molecule has 0 aromatic heterocycles. The van der Waals surface area contributed by atoms with E-state index in [1.807, 2.05) is 12.1 Å². The molecule has 3 unspecified atom stereocenters. The third-order valence-electron chi connectivity index (χ3n) is 5.54. The first-order chi connectivity index (χ1) is 9.34. The van der Waals surface area contributed by atoms with E-state index in [0.717, 1.165) is 6.42 Å². The van der Waals surface area contributed by atoms with Crippen LogP contribution < -0.4 is 5.73 Å². The maximum Gasteiger partial charge on any atom is 0.340 e. The van der Waals surface area contributed by atoms with Crippen molar-refractivity contribution in [1.82, 2.24) is 0 Å². The maximum atomic E-state index is 12.4. The van der Waals surface area contributed by atoms with E-state index in [0.29, 0.717) is 17.2 Å². The first kappa shape index (κ1) is 13.5. The third-order valence-corrected chi connectivity index (χ3v) is 5.54. The summed E-state index contributed by atoms with van der Waals surface area (Å²) >= 11 is 0. The minimum absolute atomic E-state index is 0.0131. The molecular formula is C17H23NO2. The molecule has 3 rings (SSSR count). The molecule has 2 aliphatic carbocycles. The molecule has 20 heavy (non-hydrogen) atoms. The van der Waals surface area contributed by atoms with E-state index in [-0.39, 0.29) is 22.9 Å². The van der Waals surface area contributed by atoms with Crippen LogP contribution in [0.3, 0.4) is 0 Å². The second kappa shape index (κ2) is 4.24. The first-order valence-corrected chi connectivity index (χ1v) is 7.40. The molecule has 0 amide bonds. The van der Waals surface area contributed by atoms with Gasteiger partial charge in [-0.3, -0.25) is 0 Å². The summed E-state index contributed by atoms with van der Waals surface area (Å²) in [5.74, 6) is 0.383. The van der Waals surface area contributed by atoms with Crippen LogP contribution >= 0.6 is 0 Å². The summed E-state index contributed by atoms with van der Waals surface area (Å²) in [7, 11) is 0. The number of nitrogens with two attached hydrogens (primary N) is 1. The largest absolute Gasteiger partial charge is 0.458 e. The number of nitrogen functional groups attached to an aromatic ring is 1. The van der Waals surface area contributed by atoms with E-state index < -0.39 is 0 Å². The van der Waals surface area contributed by atoms with Gasteiger partial charge in [0, 0.05) is 16.5 Å². The van der Waals surface area contributed by atoms with Crippen LogP contribution in [0.15, 0.2) is 24.3 Å². The van der Waals surface area contributed by atoms with Gasteiger partial charge >= 0.3 is 5.97 Å². The Hall–Kier alpha value is -1.51. The molecule has 108 valence electrons. The van der Waals surface area contributed by atoms with Gasteiger partial charge in [-0.2, -0.15) is 0 Å². The van der Waals surface area contributed by atoms with Crippen molar-refractivity contribution in [1.29, 1.82) is 0 Å². The number of esters is 1. The molecule has 0 radical (unpaired) electrons. The van der Waals surface area contributed by atoms with Gasteiger partial charge in [-0.1, -0.05) is 32.9 Å². The van der Waals surface area contributed by atoms with Crippen LogP contribution in [0.5, 0.6) is 0 Å². The summed E-state index contributed by atoms with van der Waals surface area (Å²) in [6.45, 7) is 6.72. The van der Waals surface area contributed by atoms with Gasteiger partial charge in [-0.25, -0.2) is 4.79 Å². The lowest BCUT2D eigenvalue weighted by Gasteiger charge is -2.41. The molecule has 3 nitrogen and oxygen atoms in total. The van der Waals surface area contributed by atoms with Gasteiger partial charge in [0.05, 0.1) is 5.56 Å². The third kappa shape index (κ3) is 1.83. The van der Waals surface area contributed by atoms with Crippen LogP contribution in [-0.2, 0) is 4.74 Å². The molecule has 2 saturated carbocycles. The number of benzene rings is 1. The Bertz CT molecular complexity index is 547. The highest BCUT2D eigenvalue weighted by Gasteiger charge is 2.61. The van der Waals surface area contributed by atoms with Crippen LogP contribution in [0.1, 0.15) is 50.4 Å². The minimum atomic E-state index is -0.282. The standard InChI is InChI=1S/C17H23NO2/c1-16(2)11-8-9-17(3,10-11)15(16)20-14(19)12-6-4-5-7-13(12)18/h4-7,11,15H,8-10,18H2,1-3H3. The number of carbonyl (C=O) groups is 1. The van der Waals surface area contributed by atoms with E-state index in [9.17, 15) is 4.79 Å². The van der Waals surface area contributed by atoms with E-state index >= 15 is 0 Å². The Labute approximate surface area is 120 Å². The molecule has 1 aromatic rings. The number of fused-ring (bicyclic) bond motifs is 2. The first-order valence-electron chi connectivity index (χ1n) is 7.40. The number of rotatable bonds is 2. The quantitative estimate of drug-likeness (QED) is 0.661. The fraction of sp³-hybridized carbons (Fsp3) is 0.588. The Morgan fingerprint density at radius 1 is 1.30 bits per heavy atom. The summed E-state index contributed by atoms with van der Waals surface area (Å²) in [5, 5.41) is 0. The molecule has 3 heteroatoms. The van der Waals surface area contributed by atoms with Crippen molar-refractivity contribution in [3.05, 3.63) is 29.8 Å². The van der Waals surface area contributed by atoms with E-state index in [2.05, 4.69) is 20.8 Å². The zero-order chi connectivity index (χ0) is 14.5. The van der Waals surface area contributed by atoms with Gasteiger partial charge in [0.1, 0.15) is 6.10 Å². The molecule has 2 aliphatic rings. The number of carbonyl (C=O) groups excluding carboxylic acids is 1. The average Bonchev–Trinajstić information content (AvgIpc) is 2.86. The van der Waals surface area contributed by atoms with Gasteiger partial charge in [0.25, 0.3) is 0 Å². The molecule has 2 fully saturated rings. The highest BCUT2D eigenvalue weighted by atomic mass is 16.5. The van der Waals surface area contributed by atoms with Gasteiger partial charge in [0.15, 0.2) is 0 Å². The van der Waals surface area contributed by atoms with Crippen LogP contribution in [0.4, 0.5) is 5.69 Å². The van der Waals surface area contributed by atoms with Crippen molar-refractivity contribution >= 4 is 11.7 Å². The predicted octanol–water partition coefficient (Wildman–Crippen LogP) is 3.64. The lowest BCUT2D eigenvalue weighted by molar-refractivity contribution is -0.0583. The molecule has 0 spiro atoms. The highest BCUT2D eigenvalue weighted by molar-refractivity contribution is 5.95. The number of ether oxygens (including phenoxy) is 1. The van der Waals surface area contributed by atoms with Crippen LogP contribution in [0.2, 0.25) is 0 Å². The number of hydrogen-bond donors (Lipinski definition) is 1. The number of anilines is 1. The van der Waals surface area contributed by atoms with Gasteiger partial charge in [-0.15, -0.1) is 0 Å². The second-order valence-corrected chi connectivity index (χ2v) is 7.29. The summed E-state index contributed by atoms with van der Waals surface area (Å²) in [6, 6.07) is 7.12. The molecule has 0 saturated heterocycles. The average molecular weight is 273 g/mol. The fourth-order valence-electron chi connectivity index (χ4n) is 4.40. The summed E-state index contributed by atoms with van der Waals surface area (Å²) in [6.07, 6.45) is 3.57. The highest BCUT2D eigenvalue weighted by Crippen LogP contribution is 2.63. The SMILES string of the molecule is CC12CCC(C1)C(C)(C)C2OC(=O)c1ccccc1N. The molecule has 3 atom stereocenters. The fourth-order valence-corrected chi connectivity index (χ4v) is 4.40. The smallest absolute Gasteiger partial charge is 0.340 e. The zero-order valence-electron chi connectivity index (χ0n) is 12.5. The molecule has 1 aromatic carbocycles. The minimum Gasteiger partial charge on any atom is -0.458 e. The van der Waals surface area contributed by atoms with Crippen molar-refractivity contribution < 1.29 is 9.53 Å². The Morgan fingerprint density at radius 3 is 2.60 bits per heavy atom. The monoisotopic (exact) mass is 273 g/mol.